The molecule has 172 valence electrons. The molecule has 2 aromatic rings. The van der Waals surface area contributed by atoms with E-state index >= 15 is 0 Å². The summed E-state index contributed by atoms with van der Waals surface area (Å²) in [6, 6.07) is 13.0. The molecule has 32 heavy (non-hydrogen) atoms. The van der Waals surface area contributed by atoms with Crippen molar-refractivity contribution >= 4 is 5.91 Å². The van der Waals surface area contributed by atoms with Crippen molar-refractivity contribution in [3.8, 4) is 0 Å². The molecule has 0 spiro atoms. The average molecular weight is 443 g/mol. The van der Waals surface area contributed by atoms with Crippen LogP contribution in [0.25, 0.3) is 0 Å². The molecule has 2 aliphatic carbocycles. The van der Waals surface area contributed by atoms with Crippen LogP contribution in [0, 0.1) is 0 Å². The van der Waals surface area contributed by atoms with Gasteiger partial charge in [-0.2, -0.15) is 0 Å². The van der Waals surface area contributed by atoms with Crippen LogP contribution >= 0.6 is 0 Å². The summed E-state index contributed by atoms with van der Waals surface area (Å²) in [5.74, 6) is -2.69. The first kappa shape index (κ1) is 22.8. The summed E-state index contributed by atoms with van der Waals surface area (Å²) in [4.78, 5) is 11.8. The molecule has 0 saturated heterocycles. The molecular weight excluding hydrogens is 414 g/mol. The van der Waals surface area contributed by atoms with Crippen molar-refractivity contribution in [2.24, 2.45) is 0 Å². The number of amides is 1. The van der Waals surface area contributed by atoms with Crippen LogP contribution in [-0.2, 0) is 6.42 Å². The van der Waals surface area contributed by atoms with Crippen molar-refractivity contribution in [1.82, 2.24) is 5.32 Å². The maximum atomic E-state index is 11.8. The third-order valence-electron chi connectivity index (χ3n) is 7.48. The second-order valence-corrected chi connectivity index (χ2v) is 8.77. The van der Waals surface area contributed by atoms with E-state index in [4.69, 9.17) is 0 Å². The molecule has 0 bridgehead atoms. The predicted octanol–water partition coefficient (Wildman–Crippen LogP) is -0.589. The predicted molar refractivity (Wildman–Crippen MR) is 115 cm³/mol. The molecule has 2 aliphatic rings. The Morgan fingerprint density at radius 1 is 1.03 bits per heavy atom. The number of aliphatic hydroxyl groups excluding tert-OH is 3. The number of hydrogen-bond acceptors (Lipinski definition) is 7. The molecule has 0 aromatic heterocycles. The van der Waals surface area contributed by atoms with Crippen LogP contribution in [0.15, 0.2) is 48.5 Å². The lowest BCUT2D eigenvalue weighted by Gasteiger charge is -2.80. The summed E-state index contributed by atoms with van der Waals surface area (Å²) in [5.41, 5.74) is -4.61. The Balaban J connectivity index is 1.77. The number of fused-ring (bicyclic) bond motifs is 1. The lowest BCUT2D eigenvalue weighted by atomic mass is 9.30. The van der Waals surface area contributed by atoms with Gasteiger partial charge in [-0.25, -0.2) is 0 Å². The number of rotatable bonds is 6. The van der Waals surface area contributed by atoms with Gasteiger partial charge in [0.05, 0.1) is 18.6 Å². The van der Waals surface area contributed by atoms with Crippen LogP contribution in [-0.4, -0.2) is 79.2 Å². The van der Waals surface area contributed by atoms with Crippen LogP contribution < -0.4 is 5.32 Å². The van der Waals surface area contributed by atoms with E-state index < -0.39 is 47.5 Å². The monoisotopic (exact) mass is 443 g/mol. The summed E-state index contributed by atoms with van der Waals surface area (Å²) in [6.07, 6.45) is -2.46. The zero-order valence-corrected chi connectivity index (χ0v) is 17.9. The Hall–Kier alpha value is -2.33. The summed E-state index contributed by atoms with van der Waals surface area (Å²) in [7, 11) is 1.49. The standard InChI is InChI=1S/C24H29NO7/c1-3-13-4-6-15(7-5-13)19-22(30,17(27)12-26)24(32)18(20(28)23(19,24)31)14-8-10-16(11-9-14)21(29)25-2/h4-11,17-20,26-28,30-32H,3,12H2,1-2H3,(H,25,29)/t17-,18?,19?,20?,22+,23+,24+/m1/s1. The molecule has 2 saturated carbocycles. The molecule has 0 radical (unpaired) electrons. The van der Waals surface area contributed by atoms with Crippen molar-refractivity contribution in [2.75, 3.05) is 13.7 Å². The van der Waals surface area contributed by atoms with E-state index in [1.54, 1.807) is 12.1 Å². The van der Waals surface area contributed by atoms with Gasteiger partial charge in [-0.3, -0.25) is 4.79 Å². The Labute approximate surface area is 185 Å². The van der Waals surface area contributed by atoms with E-state index in [-0.39, 0.29) is 5.91 Å². The van der Waals surface area contributed by atoms with Crippen LogP contribution in [0.5, 0.6) is 0 Å². The number of carbonyl (C=O) groups is 1. The molecule has 1 amide bonds. The molecule has 7 N–H and O–H groups in total. The van der Waals surface area contributed by atoms with Gasteiger partial charge in [-0.1, -0.05) is 43.3 Å². The molecular formula is C24H29NO7. The lowest BCUT2D eigenvalue weighted by Crippen LogP contribution is -2.99. The van der Waals surface area contributed by atoms with Crippen LogP contribution in [0.4, 0.5) is 0 Å². The molecule has 2 fully saturated rings. The van der Waals surface area contributed by atoms with Crippen LogP contribution in [0.3, 0.4) is 0 Å². The topological polar surface area (TPSA) is 150 Å². The fraction of sp³-hybridized carbons (Fsp3) is 0.458. The summed E-state index contributed by atoms with van der Waals surface area (Å²) >= 11 is 0. The summed E-state index contributed by atoms with van der Waals surface area (Å²) in [6.45, 7) is 1.13. The van der Waals surface area contributed by atoms with Gasteiger partial charge < -0.3 is 36.0 Å². The third-order valence-corrected chi connectivity index (χ3v) is 7.48. The van der Waals surface area contributed by atoms with Gasteiger partial charge in [0.15, 0.2) is 0 Å². The highest BCUT2D eigenvalue weighted by Gasteiger charge is 2.93. The van der Waals surface area contributed by atoms with Gasteiger partial charge in [0.25, 0.3) is 5.91 Å². The van der Waals surface area contributed by atoms with Crippen molar-refractivity contribution in [3.63, 3.8) is 0 Å². The number of nitrogens with one attached hydrogen (secondary N) is 1. The zero-order chi connectivity index (χ0) is 23.5. The second-order valence-electron chi connectivity index (χ2n) is 8.77. The SMILES string of the molecule is CCc1ccc(C2[C@]3(O)C(O)C(c4ccc(C(=O)NC)cc4)[C@]3(O)[C@]2(O)[C@H](O)CO)cc1. The van der Waals surface area contributed by atoms with Gasteiger partial charge >= 0.3 is 0 Å². The number of benzene rings is 2. The molecule has 8 nitrogen and oxygen atoms in total. The average Bonchev–Trinajstić information content (AvgIpc) is 2.83. The van der Waals surface area contributed by atoms with Crippen molar-refractivity contribution in [1.29, 1.82) is 0 Å². The molecule has 3 unspecified atom stereocenters. The first-order valence-electron chi connectivity index (χ1n) is 10.7. The van der Waals surface area contributed by atoms with E-state index in [9.17, 15) is 35.4 Å². The van der Waals surface area contributed by atoms with Gasteiger partial charge in [0, 0.05) is 18.5 Å². The number of aliphatic hydroxyl groups is 6. The third kappa shape index (κ3) is 2.56. The second kappa shape index (κ2) is 7.62. The maximum absolute atomic E-state index is 11.8. The van der Waals surface area contributed by atoms with Gasteiger partial charge in [0.1, 0.15) is 22.9 Å². The van der Waals surface area contributed by atoms with Crippen molar-refractivity contribution in [3.05, 3.63) is 70.8 Å². The minimum absolute atomic E-state index is 0.313. The highest BCUT2D eigenvalue weighted by molar-refractivity contribution is 5.94. The summed E-state index contributed by atoms with van der Waals surface area (Å²) in [5, 5.41) is 68.2. The Morgan fingerprint density at radius 2 is 1.59 bits per heavy atom. The zero-order valence-electron chi connectivity index (χ0n) is 17.9. The minimum Gasteiger partial charge on any atom is -0.394 e. The van der Waals surface area contributed by atoms with Crippen LogP contribution in [0.1, 0.15) is 45.8 Å². The van der Waals surface area contributed by atoms with Crippen LogP contribution in [0.2, 0.25) is 0 Å². The molecule has 2 aromatic carbocycles. The quantitative estimate of drug-likeness (QED) is 0.315. The van der Waals surface area contributed by atoms with Gasteiger partial charge in [-0.05, 0) is 35.2 Å². The smallest absolute Gasteiger partial charge is 0.251 e. The Morgan fingerprint density at radius 3 is 2.09 bits per heavy atom. The minimum atomic E-state index is -2.33. The van der Waals surface area contributed by atoms with E-state index in [1.807, 2.05) is 19.1 Å². The highest BCUT2D eigenvalue weighted by atomic mass is 16.5. The lowest BCUT2D eigenvalue weighted by molar-refractivity contribution is -0.459. The van der Waals surface area contributed by atoms with Crippen molar-refractivity contribution in [2.45, 2.75) is 54.2 Å². The van der Waals surface area contributed by atoms with Crippen molar-refractivity contribution < 1.29 is 35.4 Å². The number of carbonyl (C=O) groups excluding carboxylic acids is 1. The number of aryl methyl sites for hydroxylation is 1. The normalized spacial score (nSPS) is 36.4. The fourth-order valence-electron chi connectivity index (χ4n) is 5.75. The van der Waals surface area contributed by atoms with E-state index in [0.29, 0.717) is 16.7 Å². The largest absolute Gasteiger partial charge is 0.394 e. The first-order chi connectivity index (χ1) is 15.1. The van der Waals surface area contributed by atoms with Gasteiger partial charge in [0.2, 0.25) is 0 Å². The molecule has 0 aliphatic heterocycles. The fourth-order valence-corrected chi connectivity index (χ4v) is 5.75. The first-order valence-corrected chi connectivity index (χ1v) is 10.7. The summed E-state index contributed by atoms with van der Waals surface area (Å²) < 4.78 is 0. The Kier molecular flexibility index (Phi) is 5.44. The molecule has 8 heteroatoms. The molecule has 0 heterocycles. The highest BCUT2D eigenvalue weighted by Crippen LogP contribution is 2.75. The molecule has 7 atom stereocenters. The maximum Gasteiger partial charge on any atom is 0.251 e. The van der Waals surface area contributed by atoms with E-state index in [1.165, 1.54) is 31.3 Å². The Bertz CT molecular complexity index is 1010. The number of hydrogen-bond donors (Lipinski definition) is 7. The van der Waals surface area contributed by atoms with E-state index in [2.05, 4.69) is 5.32 Å². The molecule has 4 rings (SSSR count). The van der Waals surface area contributed by atoms with E-state index in [0.717, 1.165) is 12.0 Å². The van der Waals surface area contributed by atoms with Gasteiger partial charge in [-0.15, -0.1) is 0 Å².